The number of nitrogens with zero attached hydrogens (tertiary/aromatic N) is 1. The first kappa shape index (κ1) is 13.0. The van der Waals surface area contributed by atoms with E-state index in [2.05, 4.69) is 4.90 Å². The number of aryl methyl sites for hydroxylation is 1. The van der Waals surface area contributed by atoms with E-state index in [0.29, 0.717) is 0 Å². The van der Waals surface area contributed by atoms with E-state index >= 15 is 0 Å². The van der Waals surface area contributed by atoms with E-state index < -0.39 is 0 Å². The summed E-state index contributed by atoms with van der Waals surface area (Å²) in [5.74, 6) is -0.136. The third-order valence-electron chi connectivity index (χ3n) is 2.86. The Labute approximate surface area is 96.7 Å². The minimum Gasteiger partial charge on any atom is -0.400 e. The summed E-state index contributed by atoms with van der Waals surface area (Å²) < 4.78 is 12.9. The summed E-state index contributed by atoms with van der Waals surface area (Å²) in [4.78, 5) is 2.36. The topological polar surface area (TPSA) is 23.5 Å². The molecule has 1 heterocycles. The van der Waals surface area contributed by atoms with E-state index in [1.807, 2.05) is 13.0 Å². The first-order valence-corrected chi connectivity index (χ1v) is 5.73. The monoisotopic (exact) mass is 225 g/mol. The van der Waals surface area contributed by atoms with E-state index in [9.17, 15) is 4.39 Å². The predicted octanol–water partition coefficient (Wildman–Crippen LogP) is 2.73. The molecule has 0 amide bonds. The molecule has 0 bridgehead atoms. The molecule has 1 fully saturated rings. The summed E-state index contributed by atoms with van der Waals surface area (Å²) in [7, 11) is 1.00. The van der Waals surface area contributed by atoms with Crippen LogP contribution in [0.2, 0.25) is 0 Å². The second kappa shape index (κ2) is 6.48. The van der Waals surface area contributed by atoms with Crippen molar-refractivity contribution in [1.82, 2.24) is 0 Å². The molecule has 0 aromatic heterocycles. The van der Waals surface area contributed by atoms with Crippen molar-refractivity contribution in [3.63, 3.8) is 0 Å². The zero-order valence-electron chi connectivity index (χ0n) is 10.0. The number of aliphatic hydroxyl groups excluding tert-OH is 1. The predicted molar refractivity (Wildman–Crippen MR) is 65.3 cm³/mol. The maximum absolute atomic E-state index is 12.9. The van der Waals surface area contributed by atoms with Gasteiger partial charge in [0.05, 0.1) is 0 Å². The molecule has 0 atom stereocenters. The summed E-state index contributed by atoms with van der Waals surface area (Å²) in [5, 5.41) is 7.00. The molecule has 1 saturated heterocycles. The van der Waals surface area contributed by atoms with Gasteiger partial charge >= 0.3 is 0 Å². The molecule has 16 heavy (non-hydrogen) atoms. The first-order chi connectivity index (χ1) is 7.77. The highest BCUT2D eigenvalue weighted by molar-refractivity contribution is 5.53. The van der Waals surface area contributed by atoms with E-state index in [0.717, 1.165) is 25.8 Å². The van der Waals surface area contributed by atoms with Crippen molar-refractivity contribution in [2.24, 2.45) is 0 Å². The number of anilines is 1. The highest BCUT2D eigenvalue weighted by atomic mass is 19.1. The Kier molecular flexibility index (Phi) is 5.26. The molecule has 90 valence electrons. The lowest BCUT2D eigenvalue weighted by Crippen LogP contribution is -2.29. The zero-order valence-corrected chi connectivity index (χ0v) is 10.0. The van der Waals surface area contributed by atoms with E-state index in [1.54, 1.807) is 12.1 Å². The Balaban J connectivity index is 0.000000606. The molecule has 2 nitrogen and oxygen atoms in total. The molecule has 0 saturated carbocycles. The van der Waals surface area contributed by atoms with Crippen molar-refractivity contribution in [1.29, 1.82) is 0 Å². The number of hydrogen-bond donors (Lipinski definition) is 1. The lowest BCUT2D eigenvalue weighted by atomic mass is 10.1. The van der Waals surface area contributed by atoms with Crippen LogP contribution in [0.4, 0.5) is 10.1 Å². The van der Waals surface area contributed by atoms with Crippen LogP contribution in [0.5, 0.6) is 0 Å². The van der Waals surface area contributed by atoms with Crippen molar-refractivity contribution in [2.45, 2.75) is 26.2 Å². The van der Waals surface area contributed by atoms with Gasteiger partial charge in [-0.05, 0) is 49.9 Å². The van der Waals surface area contributed by atoms with Crippen LogP contribution in [0, 0.1) is 12.7 Å². The Hall–Kier alpha value is -1.09. The third-order valence-corrected chi connectivity index (χ3v) is 2.86. The lowest BCUT2D eigenvalue weighted by molar-refractivity contribution is 0.399. The second-order valence-corrected chi connectivity index (χ2v) is 3.98. The van der Waals surface area contributed by atoms with Crippen molar-refractivity contribution < 1.29 is 9.50 Å². The van der Waals surface area contributed by atoms with Crippen LogP contribution in [-0.4, -0.2) is 25.3 Å². The van der Waals surface area contributed by atoms with Gasteiger partial charge in [-0.1, -0.05) is 0 Å². The van der Waals surface area contributed by atoms with Crippen molar-refractivity contribution in [3.05, 3.63) is 29.6 Å². The van der Waals surface area contributed by atoms with Gasteiger partial charge in [-0.3, -0.25) is 0 Å². The highest BCUT2D eigenvalue weighted by Crippen LogP contribution is 2.23. The quantitative estimate of drug-likeness (QED) is 0.794. The van der Waals surface area contributed by atoms with E-state index in [4.69, 9.17) is 5.11 Å². The molecule has 1 aliphatic heterocycles. The summed E-state index contributed by atoms with van der Waals surface area (Å²) in [5.41, 5.74) is 2.25. The molecule has 1 aliphatic rings. The van der Waals surface area contributed by atoms with Gasteiger partial charge in [-0.2, -0.15) is 0 Å². The van der Waals surface area contributed by atoms with E-state index in [1.165, 1.54) is 24.9 Å². The largest absolute Gasteiger partial charge is 0.400 e. The van der Waals surface area contributed by atoms with Crippen molar-refractivity contribution >= 4 is 5.69 Å². The standard InChI is InChI=1S/C12H16FN.CH4O/c1-10-9-11(13)5-6-12(10)14-7-3-2-4-8-14;1-2/h5-6,9H,2-4,7-8H2,1H3;2H,1H3. The fraction of sp³-hybridized carbons (Fsp3) is 0.538. The SMILES string of the molecule is CO.Cc1cc(F)ccc1N1CCCCC1. The normalized spacial score (nSPS) is 15.4. The Morgan fingerprint density at radius 3 is 2.31 bits per heavy atom. The van der Waals surface area contributed by atoms with Gasteiger partial charge in [0.25, 0.3) is 0 Å². The van der Waals surface area contributed by atoms with Crippen LogP contribution >= 0.6 is 0 Å². The van der Waals surface area contributed by atoms with Crippen LogP contribution in [-0.2, 0) is 0 Å². The molecule has 2 rings (SSSR count). The number of halogens is 1. The van der Waals surface area contributed by atoms with Crippen LogP contribution in [0.15, 0.2) is 18.2 Å². The second-order valence-electron chi connectivity index (χ2n) is 3.98. The number of piperidine rings is 1. The molecule has 0 unspecified atom stereocenters. The zero-order chi connectivity index (χ0) is 12.0. The van der Waals surface area contributed by atoms with Gasteiger partial charge in [0.15, 0.2) is 0 Å². The summed E-state index contributed by atoms with van der Waals surface area (Å²) in [6.45, 7) is 4.21. The Morgan fingerprint density at radius 2 is 1.75 bits per heavy atom. The van der Waals surface area contributed by atoms with Gasteiger partial charge < -0.3 is 10.0 Å². The maximum atomic E-state index is 12.9. The Bertz CT molecular complexity index is 322. The minimum absolute atomic E-state index is 0.136. The number of rotatable bonds is 1. The molecular formula is C13H20FNO. The average molecular weight is 225 g/mol. The van der Waals surface area contributed by atoms with Gasteiger partial charge in [-0.15, -0.1) is 0 Å². The number of benzene rings is 1. The molecule has 0 aliphatic carbocycles. The molecular weight excluding hydrogens is 205 g/mol. The Morgan fingerprint density at radius 1 is 1.12 bits per heavy atom. The van der Waals surface area contributed by atoms with Crippen molar-refractivity contribution in [3.8, 4) is 0 Å². The average Bonchev–Trinajstić information content (AvgIpc) is 2.33. The van der Waals surface area contributed by atoms with Crippen LogP contribution in [0.1, 0.15) is 24.8 Å². The fourth-order valence-corrected chi connectivity index (χ4v) is 2.11. The summed E-state index contributed by atoms with van der Waals surface area (Å²) in [6.07, 6.45) is 3.85. The van der Waals surface area contributed by atoms with Crippen molar-refractivity contribution in [2.75, 3.05) is 25.1 Å². The van der Waals surface area contributed by atoms with Gasteiger partial charge in [-0.25, -0.2) is 4.39 Å². The third kappa shape index (κ3) is 3.20. The molecule has 1 aromatic rings. The summed E-state index contributed by atoms with van der Waals surface area (Å²) >= 11 is 0. The number of hydrogen-bond acceptors (Lipinski definition) is 2. The molecule has 0 spiro atoms. The first-order valence-electron chi connectivity index (χ1n) is 5.73. The summed E-state index contributed by atoms with van der Waals surface area (Å²) in [6, 6.07) is 5.07. The molecule has 0 radical (unpaired) electrons. The van der Waals surface area contributed by atoms with Crippen LogP contribution in [0.25, 0.3) is 0 Å². The highest BCUT2D eigenvalue weighted by Gasteiger charge is 2.12. The lowest BCUT2D eigenvalue weighted by Gasteiger charge is -2.30. The van der Waals surface area contributed by atoms with Gasteiger partial charge in [0, 0.05) is 25.9 Å². The number of aliphatic hydroxyl groups is 1. The molecule has 3 heteroatoms. The fourth-order valence-electron chi connectivity index (χ4n) is 2.11. The smallest absolute Gasteiger partial charge is 0.123 e. The van der Waals surface area contributed by atoms with Crippen LogP contribution in [0.3, 0.4) is 0 Å². The van der Waals surface area contributed by atoms with Crippen LogP contribution < -0.4 is 4.90 Å². The maximum Gasteiger partial charge on any atom is 0.123 e. The van der Waals surface area contributed by atoms with Gasteiger partial charge in [0.1, 0.15) is 5.82 Å². The molecule has 1 aromatic carbocycles. The van der Waals surface area contributed by atoms with Gasteiger partial charge in [0.2, 0.25) is 0 Å². The minimum atomic E-state index is -0.136. The van der Waals surface area contributed by atoms with E-state index in [-0.39, 0.29) is 5.82 Å². The molecule has 1 N–H and O–H groups in total.